The first-order chi connectivity index (χ1) is 14.4. The Morgan fingerprint density at radius 1 is 1.27 bits per heavy atom. The molecule has 2 unspecified atom stereocenters. The summed E-state index contributed by atoms with van der Waals surface area (Å²) in [5.74, 6) is 0.648. The van der Waals surface area contributed by atoms with E-state index in [0.29, 0.717) is 34.7 Å². The zero-order chi connectivity index (χ0) is 21.5. The average molecular weight is 408 g/mol. The Hall–Kier alpha value is -3.23. The minimum Gasteiger partial charge on any atom is -0.376 e. The predicted molar refractivity (Wildman–Crippen MR) is 112 cm³/mol. The third kappa shape index (κ3) is 3.14. The number of pyridine rings is 1. The lowest BCUT2D eigenvalue weighted by atomic mass is 9.82. The van der Waals surface area contributed by atoms with Crippen molar-refractivity contribution in [1.82, 2.24) is 20.1 Å². The standard InChI is InChI=1S/C22H24N4O4/c1-5-29-14(4)22(28,18-8-6-7-9-23-18)16-10-15(19-12(2)26-30-13(19)3)11-17-20(16)25-21(27)24-17/h6-11,14,28H,5H2,1-4H3,(H2,24,25,27). The van der Waals surface area contributed by atoms with Crippen LogP contribution in [0, 0.1) is 13.8 Å². The highest BCUT2D eigenvalue weighted by atomic mass is 16.5. The van der Waals surface area contributed by atoms with Gasteiger partial charge in [-0.2, -0.15) is 0 Å². The molecule has 0 amide bonds. The predicted octanol–water partition coefficient (Wildman–Crippen LogP) is 3.18. The van der Waals surface area contributed by atoms with Gasteiger partial charge in [0.1, 0.15) is 5.76 Å². The van der Waals surface area contributed by atoms with Crippen molar-refractivity contribution in [2.45, 2.75) is 39.4 Å². The first kappa shape index (κ1) is 20.1. The van der Waals surface area contributed by atoms with E-state index in [2.05, 4.69) is 20.1 Å². The molecule has 0 spiro atoms. The summed E-state index contributed by atoms with van der Waals surface area (Å²) in [7, 11) is 0. The zero-order valence-corrected chi connectivity index (χ0v) is 17.3. The molecule has 4 rings (SSSR count). The number of aromatic amines is 2. The molecule has 0 saturated carbocycles. The molecule has 0 aliphatic heterocycles. The Morgan fingerprint density at radius 3 is 2.70 bits per heavy atom. The summed E-state index contributed by atoms with van der Waals surface area (Å²) in [5.41, 5.74) is 2.27. The highest BCUT2D eigenvalue weighted by Crippen LogP contribution is 2.40. The Kier molecular flexibility index (Phi) is 5.05. The third-order valence-corrected chi connectivity index (χ3v) is 5.42. The molecule has 3 N–H and O–H groups in total. The Labute approximate surface area is 172 Å². The number of imidazole rings is 1. The fourth-order valence-corrected chi connectivity index (χ4v) is 4.01. The van der Waals surface area contributed by atoms with E-state index in [1.807, 2.05) is 32.9 Å². The molecule has 0 radical (unpaired) electrons. The van der Waals surface area contributed by atoms with Crippen molar-refractivity contribution in [1.29, 1.82) is 0 Å². The van der Waals surface area contributed by atoms with E-state index in [4.69, 9.17) is 9.26 Å². The van der Waals surface area contributed by atoms with Gasteiger partial charge in [-0.15, -0.1) is 0 Å². The summed E-state index contributed by atoms with van der Waals surface area (Å²) in [5, 5.41) is 16.1. The van der Waals surface area contributed by atoms with Crippen LogP contribution in [-0.4, -0.2) is 37.9 Å². The lowest BCUT2D eigenvalue weighted by Gasteiger charge is -2.34. The van der Waals surface area contributed by atoms with Gasteiger partial charge in [-0.25, -0.2) is 4.79 Å². The second-order valence-corrected chi connectivity index (χ2v) is 7.30. The third-order valence-electron chi connectivity index (χ3n) is 5.42. The monoisotopic (exact) mass is 408 g/mol. The summed E-state index contributed by atoms with van der Waals surface area (Å²) < 4.78 is 11.2. The molecule has 0 fully saturated rings. The Balaban J connectivity index is 2.07. The van der Waals surface area contributed by atoms with E-state index in [1.54, 1.807) is 31.3 Å². The molecule has 8 heteroatoms. The van der Waals surface area contributed by atoms with Crippen LogP contribution in [0.4, 0.5) is 0 Å². The maximum Gasteiger partial charge on any atom is 0.323 e. The molecule has 0 aliphatic carbocycles. The number of aryl methyl sites for hydroxylation is 2. The number of fused-ring (bicyclic) bond motifs is 1. The van der Waals surface area contributed by atoms with E-state index in [1.165, 1.54) is 0 Å². The topological polar surface area (TPSA) is 117 Å². The van der Waals surface area contributed by atoms with Crippen LogP contribution in [0.2, 0.25) is 0 Å². The van der Waals surface area contributed by atoms with Crippen LogP contribution in [-0.2, 0) is 10.3 Å². The molecule has 3 aromatic heterocycles. The van der Waals surface area contributed by atoms with Crippen LogP contribution in [0.25, 0.3) is 22.2 Å². The van der Waals surface area contributed by atoms with E-state index in [0.717, 1.165) is 16.8 Å². The van der Waals surface area contributed by atoms with Crippen molar-refractivity contribution in [3.63, 3.8) is 0 Å². The Morgan fingerprint density at radius 2 is 2.07 bits per heavy atom. The van der Waals surface area contributed by atoms with Crippen LogP contribution in [0.1, 0.15) is 36.6 Å². The number of hydrogen-bond donors (Lipinski definition) is 3. The highest BCUT2D eigenvalue weighted by molar-refractivity contribution is 5.87. The lowest BCUT2D eigenvalue weighted by molar-refractivity contribution is -0.0784. The number of hydrogen-bond acceptors (Lipinski definition) is 6. The molecular weight excluding hydrogens is 384 g/mol. The van der Waals surface area contributed by atoms with Gasteiger partial charge in [0.15, 0.2) is 5.60 Å². The van der Waals surface area contributed by atoms with Gasteiger partial charge in [-0.1, -0.05) is 11.2 Å². The number of nitrogens with zero attached hydrogens (tertiary/aromatic N) is 2. The van der Waals surface area contributed by atoms with Crippen molar-refractivity contribution < 1.29 is 14.4 Å². The smallest absolute Gasteiger partial charge is 0.323 e. The number of ether oxygens (including phenoxy) is 1. The van der Waals surface area contributed by atoms with Crippen LogP contribution >= 0.6 is 0 Å². The maximum atomic E-state index is 12.2. The molecule has 4 aromatic rings. The van der Waals surface area contributed by atoms with E-state index in [9.17, 15) is 9.90 Å². The fraction of sp³-hybridized carbons (Fsp3) is 0.318. The van der Waals surface area contributed by atoms with E-state index >= 15 is 0 Å². The Bertz CT molecular complexity index is 1220. The van der Waals surface area contributed by atoms with E-state index < -0.39 is 11.7 Å². The van der Waals surface area contributed by atoms with Crippen LogP contribution in [0.15, 0.2) is 45.8 Å². The van der Waals surface area contributed by atoms with Crippen molar-refractivity contribution in [2.75, 3.05) is 6.61 Å². The van der Waals surface area contributed by atoms with Gasteiger partial charge < -0.3 is 24.3 Å². The molecule has 2 atom stereocenters. The minimum absolute atomic E-state index is 0.366. The number of H-pyrrole nitrogens is 2. The maximum absolute atomic E-state index is 12.2. The van der Waals surface area contributed by atoms with Crippen molar-refractivity contribution in [2.24, 2.45) is 0 Å². The van der Waals surface area contributed by atoms with Gasteiger partial charge in [0.25, 0.3) is 0 Å². The minimum atomic E-state index is -1.62. The number of benzene rings is 1. The van der Waals surface area contributed by atoms with Crippen LogP contribution in [0.3, 0.4) is 0 Å². The number of aromatic nitrogens is 4. The second kappa shape index (κ2) is 7.55. The molecule has 0 bridgehead atoms. The zero-order valence-electron chi connectivity index (χ0n) is 17.3. The largest absolute Gasteiger partial charge is 0.376 e. The number of rotatable bonds is 6. The summed E-state index contributed by atoms with van der Waals surface area (Å²) in [4.78, 5) is 22.2. The van der Waals surface area contributed by atoms with Gasteiger partial charge in [0.05, 0.1) is 28.5 Å². The molecule has 3 heterocycles. The molecule has 0 aliphatic rings. The number of nitrogens with one attached hydrogen (secondary N) is 2. The van der Waals surface area contributed by atoms with Crippen molar-refractivity contribution in [3.8, 4) is 11.1 Å². The molecule has 156 valence electrons. The highest BCUT2D eigenvalue weighted by Gasteiger charge is 2.42. The van der Waals surface area contributed by atoms with Crippen molar-refractivity contribution in [3.05, 3.63) is 69.7 Å². The first-order valence-corrected chi connectivity index (χ1v) is 9.81. The molecular formula is C22H24N4O4. The second-order valence-electron chi connectivity index (χ2n) is 7.30. The van der Waals surface area contributed by atoms with Crippen LogP contribution < -0.4 is 5.69 Å². The number of aliphatic hydroxyl groups is 1. The summed E-state index contributed by atoms with van der Waals surface area (Å²) in [6.45, 7) is 7.74. The summed E-state index contributed by atoms with van der Waals surface area (Å²) in [6.07, 6.45) is 0.979. The average Bonchev–Trinajstić information content (AvgIpc) is 3.27. The quantitative estimate of drug-likeness (QED) is 0.451. The molecule has 1 aromatic carbocycles. The van der Waals surface area contributed by atoms with Gasteiger partial charge in [0.2, 0.25) is 0 Å². The van der Waals surface area contributed by atoms with Gasteiger partial charge >= 0.3 is 5.69 Å². The SMILES string of the molecule is CCOC(C)C(O)(c1ccccn1)c1cc(-c2c(C)noc2C)cc2[nH]c(=O)[nH]c12. The van der Waals surface area contributed by atoms with Gasteiger partial charge in [-0.3, -0.25) is 4.98 Å². The normalized spacial score (nSPS) is 14.7. The molecule has 8 nitrogen and oxygen atoms in total. The van der Waals surface area contributed by atoms with Gasteiger partial charge in [-0.05, 0) is 57.5 Å². The van der Waals surface area contributed by atoms with Gasteiger partial charge in [0, 0.05) is 23.9 Å². The summed E-state index contributed by atoms with van der Waals surface area (Å²) in [6, 6.07) is 9.01. The van der Waals surface area contributed by atoms with Crippen LogP contribution in [0.5, 0.6) is 0 Å². The molecule has 30 heavy (non-hydrogen) atoms. The summed E-state index contributed by atoms with van der Waals surface area (Å²) >= 11 is 0. The lowest BCUT2D eigenvalue weighted by Crippen LogP contribution is -2.41. The van der Waals surface area contributed by atoms with E-state index in [-0.39, 0.29) is 5.69 Å². The molecule has 0 saturated heterocycles. The van der Waals surface area contributed by atoms with Crippen molar-refractivity contribution >= 4 is 11.0 Å². The fourth-order valence-electron chi connectivity index (χ4n) is 4.01. The first-order valence-electron chi connectivity index (χ1n) is 9.81.